The van der Waals surface area contributed by atoms with Crippen LogP contribution in [0.2, 0.25) is 0 Å². The van der Waals surface area contributed by atoms with Crippen molar-refractivity contribution in [2.75, 3.05) is 18.6 Å². The summed E-state index contributed by atoms with van der Waals surface area (Å²) in [6.45, 7) is 7.51. The average Bonchev–Trinajstić information content (AvgIpc) is 1.96. The molecular weight excluding hydrogens is 170 g/mol. The second-order valence-electron chi connectivity index (χ2n) is 3.54. The van der Waals surface area contributed by atoms with Gasteiger partial charge in [0, 0.05) is 28.9 Å². The van der Waals surface area contributed by atoms with Gasteiger partial charge < -0.3 is 5.32 Å². The number of hydrogen-bond acceptors (Lipinski definition) is 2. The van der Waals surface area contributed by atoms with E-state index in [2.05, 4.69) is 26.1 Å². The van der Waals surface area contributed by atoms with Gasteiger partial charge in [-0.1, -0.05) is 20.8 Å². The molecule has 0 fully saturated rings. The minimum absolute atomic E-state index is 0.413. The van der Waals surface area contributed by atoms with Gasteiger partial charge in [0.1, 0.15) is 0 Å². The topological polar surface area (TPSA) is 29.1 Å². The Morgan fingerprint density at radius 2 is 2.00 bits per heavy atom. The predicted octanol–water partition coefficient (Wildman–Crippen LogP) is 1.39. The van der Waals surface area contributed by atoms with Crippen molar-refractivity contribution in [3.05, 3.63) is 0 Å². The van der Waals surface area contributed by atoms with Gasteiger partial charge in [0.15, 0.2) is 0 Å². The summed E-state index contributed by atoms with van der Waals surface area (Å²) in [4.78, 5) is 0. The van der Waals surface area contributed by atoms with Crippen LogP contribution in [0.25, 0.3) is 0 Å². The molecule has 0 radical (unpaired) electrons. The summed E-state index contributed by atoms with van der Waals surface area (Å²) < 4.78 is 11.0. The Morgan fingerprint density at radius 1 is 1.42 bits per heavy atom. The zero-order chi connectivity index (χ0) is 9.56. The minimum Gasteiger partial charge on any atom is -0.313 e. The molecule has 0 rings (SSSR count). The van der Waals surface area contributed by atoms with E-state index in [0.717, 1.165) is 18.7 Å². The fourth-order valence-corrected chi connectivity index (χ4v) is 2.08. The van der Waals surface area contributed by atoms with Crippen molar-refractivity contribution in [2.24, 2.45) is 5.92 Å². The van der Waals surface area contributed by atoms with E-state index in [1.54, 1.807) is 6.26 Å². The van der Waals surface area contributed by atoms with E-state index in [9.17, 15) is 4.21 Å². The highest BCUT2D eigenvalue weighted by molar-refractivity contribution is 7.84. The van der Waals surface area contributed by atoms with E-state index in [1.807, 2.05) is 0 Å². The first-order chi connectivity index (χ1) is 5.57. The molecule has 3 heteroatoms. The highest BCUT2D eigenvalue weighted by atomic mass is 32.2. The van der Waals surface area contributed by atoms with Crippen molar-refractivity contribution in [2.45, 2.75) is 33.2 Å². The summed E-state index contributed by atoms with van der Waals surface area (Å²) in [5.41, 5.74) is 0. The van der Waals surface area contributed by atoms with Gasteiger partial charge in [0.25, 0.3) is 0 Å². The van der Waals surface area contributed by atoms with Gasteiger partial charge in [-0.15, -0.1) is 0 Å². The van der Waals surface area contributed by atoms with E-state index in [-0.39, 0.29) is 0 Å². The van der Waals surface area contributed by atoms with Crippen molar-refractivity contribution in [1.29, 1.82) is 0 Å². The van der Waals surface area contributed by atoms with Gasteiger partial charge >= 0.3 is 0 Å². The van der Waals surface area contributed by atoms with Crippen molar-refractivity contribution >= 4 is 10.8 Å². The lowest BCUT2D eigenvalue weighted by atomic mass is 10.1. The van der Waals surface area contributed by atoms with Crippen LogP contribution in [-0.2, 0) is 10.8 Å². The van der Waals surface area contributed by atoms with Gasteiger partial charge in [-0.05, 0) is 18.9 Å². The summed E-state index contributed by atoms with van der Waals surface area (Å²) in [6.07, 6.45) is 2.91. The van der Waals surface area contributed by atoms with Crippen LogP contribution in [0.3, 0.4) is 0 Å². The summed E-state index contributed by atoms with van der Waals surface area (Å²) in [5, 5.41) is 3.41. The highest BCUT2D eigenvalue weighted by Crippen LogP contribution is 2.02. The Balaban J connectivity index is 3.78. The second-order valence-corrected chi connectivity index (χ2v) is 5.02. The standard InChI is InChI=1S/C9H21NOS/c1-5-6-10-9(8(2)3)7-12(4)11/h8-10H,5-7H2,1-4H3. The van der Waals surface area contributed by atoms with Crippen LogP contribution in [-0.4, -0.2) is 28.8 Å². The van der Waals surface area contributed by atoms with Crippen LogP contribution in [0.5, 0.6) is 0 Å². The largest absolute Gasteiger partial charge is 0.313 e. The fraction of sp³-hybridized carbons (Fsp3) is 1.00. The predicted molar refractivity (Wildman–Crippen MR) is 55.9 cm³/mol. The van der Waals surface area contributed by atoms with Gasteiger partial charge in [-0.25, -0.2) is 0 Å². The molecule has 0 bridgehead atoms. The minimum atomic E-state index is -0.682. The van der Waals surface area contributed by atoms with E-state index in [0.29, 0.717) is 12.0 Å². The molecule has 2 unspecified atom stereocenters. The zero-order valence-corrected chi connectivity index (χ0v) is 9.41. The average molecular weight is 191 g/mol. The first kappa shape index (κ1) is 12.1. The molecule has 2 nitrogen and oxygen atoms in total. The van der Waals surface area contributed by atoms with E-state index in [4.69, 9.17) is 0 Å². The maximum atomic E-state index is 11.0. The monoisotopic (exact) mass is 191 g/mol. The smallest absolute Gasteiger partial charge is 0.0388 e. The quantitative estimate of drug-likeness (QED) is 0.687. The Hall–Kier alpha value is 0.110. The molecule has 74 valence electrons. The summed E-state index contributed by atoms with van der Waals surface area (Å²) in [7, 11) is -0.682. The van der Waals surface area contributed by atoms with Crippen molar-refractivity contribution in [3.8, 4) is 0 Å². The summed E-state index contributed by atoms with van der Waals surface area (Å²) in [6, 6.07) is 0.413. The lowest BCUT2D eigenvalue weighted by molar-refractivity contribution is 0.431. The number of nitrogens with one attached hydrogen (secondary N) is 1. The molecule has 0 aliphatic carbocycles. The normalized spacial score (nSPS) is 16.4. The Kier molecular flexibility index (Phi) is 6.67. The number of rotatable bonds is 6. The molecule has 12 heavy (non-hydrogen) atoms. The van der Waals surface area contributed by atoms with Crippen LogP contribution in [0.1, 0.15) is 27.2 Å². The third-order valence-corrected chi connectivity index (χ3v) is 2.70. The molecule has 0 heterocycles. The van der Waals surface area contributed by atoms with Crippen LogP contribution in [0, 0.1) is 5.92 Å². The van der Waals surface area contributed by atoms with Crippen molar-refractivity contribution in [1.82, 2.24) is 5.32 Å². The molecule has 0 aromatic rings. The molecule has 2 atom stereocenters. The fourth-order valence-electron chi connectivity index (χ4n) is 1.07. The van der Waals surface area contributed by atoms with Crippen molar-refractivity contribution < 1.29 is 4.21 Å². The third-order valence-electron chi connectivity index (χ3n) is 1.88. The molecule has 0 aliphatic rings. The van der Waals surface area contributed by atoms with Gasteiger partial charge in [0.2, 0.25) is 0 Å². The van der Waals surface area contributed by atoms with E-state index in [1.165, 1.54) is 0 Å². The number of hydrogen-bond donors (Lipinski definition) is 1. The van der Waals surface area contributed by atoms with Gasteiger partial charge in [0.05, 0.1) is 0 Å². The molecule has 1 N–H and O–H groups in total. The first-order valence-corrected chi connectivity index (χ1v) is 6.34. The Bertz CT molecular complexity index is 136. The first-order valence-electron chi connectivity index (χ1n) is 4.61. The molecular formula is C9H21NOS. The van der Waals surface area contributed by atoms with Gasteiger partial charge in [-0.2, -0.15) is 0 Å². The maximum absolute atomic E-state index is 11.0. The van der Waals surface area contributed by atoms with Crippen LogP contribution in [0.4, 0.5) is 0 Å². The summed E-state index contributed by atoms with van der Waals surface area (Å²) in [5.74, 6) is 1.35. The van der Waals surface area contributed by atoms with Gasteiger partial charge in [-0.3, -0.25) is 4.21 Å². The Morgan fingerprint density at radius 3 is 2.33 bits per heavy atom. The molecule has 0 amide bonds. The van der Waals surface area contributed by atoms with Crippen LogP contribution in [0.15, 0.2) is 0 Å². The molecule has 0 aromatic carbocycles. The second kappa shape index (κ2) is 6.61. The molecule has 0 aromatic heterocycles. The zero-order valence-electron chi connectivity index (χ0n) is 8.59. The van der Waals surface area contributed by atoms with Crippen LogP contribution >= 0.6 is 0 Å². The third kappa shape index (κ3) is 5.72. The Labute approximate surface area is 78.6 Å². The summed E-state index contributed by atoms with van der Waals surface area (Å²) >= 11 is 0. The van der Waals surface area contributed by atoms with Crippen LogP contribution < -0.4 is 5.32 Å². The highest BCUT2D eigenvalue weighted by Gasteiger charge is 2.13. The lowest BCUT2D eigenvalue weighted by Crippen LogP contribution is -2.38. The van der Waals surface area contributed by atoms with E-state index >= 15 is 0 Å². The molecule has 0 saturated heterocycles. The maximum Gasteiger partial charge on any atom is 0.0388 e. The molecule has 0 spiro atoms. The SMILES string of the molecule is CCCNC(CS(C)=O)C(C)C. The lowest BCUT2D eigenvalue weighted by Gasteiger charge is -2.20. The molecule has 0 aliphatic heterocycles. The molecule has 0 saturated carbocycles. The van der Waals surface area contributed by atoms with E-state index < -0.39 is 10.8 Å². The van der Waals surface area contributed by atoms with Crippen molar-refractivity contribution in [3.63, 3.8) is 0 Å².